The van der Waals surface area contributed by atoms with Gasteiger partial charge in [0, 0.05) is 4.47 Å². The third kappa shape index (κ3) is 5.77. The van der Waals surface area contributed by atoms with Crippen molar-refractivity contribution in [2.75, 3.05) is 10.8 Å². The van der Waals surface area contributed by atoms with Crippen LogP contribution in [0, 0.1) is 12.7 Å². The summed E-state index contributed by atoms with van der Waals surface area (Å²) in [6.45, 7) is 1.18. The molecule has 0 aliphatic heterocycles. The van der Waals surface area contributed by atoms with Crippen molar-refractivity contribution in [1.82, 2.24) is 5.43 Å². The fourth-order valence-corrected chi connectivity index (χ4v) is 4.38. The minimum Gasteiger partial charge on any atom is -0.271 e. The van der Waals surface area contributed by atoms with Crippen LogP contribution in [0.2, 0.25) is 0 Å². The molecule has 0 aliphatic rings. The molecule has 0 unspecified atom stereocenters. The van der Waals surface area contributed by atoms with E-state index < -0.39 is 28.3 Å². The van der Waals surface area contributed by atoms with Gasteiger partial charge in [-0.2, -0.15) is 5.10 Å². The Balaban J connectivity index is 1.85. The molecule has 1 N–H and O–H groups in total. The number of hydrogen-bond acceptors (Lipinski definition) is 4. The summed E-state index contributed by atoms with van der Waals surface area (Å²) in [5.74, 6) is -1.48. The monoisotopic (exact) mass is 503 g/mol. The van der Waals surface area contributed by atoms with Gasteiger partial charge in [0.1, 0.15) is 12.4 Å². The second-order valence-electron chi connectivity index (χ2n) is 6.62. The van der Waals surface area contributed by atoms with Crippen molar-refractivity contribution in [3.8, 4) is 0 Å². The van der Waals surface area contributed by atoms with Crippen molar-refractivity contribution in [2.24, 2.45) is 5.10 Å². The Morgan fingerprint density at radius 1 is 1.06 bits per heavy atom. The summed E-state index contributed by atoms with van der Waals surface area (Å²) in [5, 5.41) is 3.85. The Labute approximate surface area is 188 Å². The highest BCUT2D eigenvalue weighted by molar-refractivity contribution is 9.10. The van der Waals surface area contributed by atoms with Crippen LogP contribution in [0.1, 0.15) is 11.1 Å². The number of hydrazone groups is 1. The van der Waals surface area contributed by atoms with Gasteiger partial charge in [0.15, 0.2) is 0 Å². The largest absolute Gasteiger partial charge is 0.271 e. The van der Waals surface area contributed by atoms with Crippen molar-refractivity contribution >= 4 is 43.8 Å². The standard InChI is InChI=1S/C22H19BrFN3O3S/c1-16-6-12-19(13-7-16)31(29,30)27(21-5-3-2-4-20(21)24)15-22(28)26-25-14-17-8-10-18(23)11-9-17/h2-14H,15H2,1H3,(H,26,28)/b25-14-. The highest BCUT2D eigenvalue weighted by Gasteiger charge is 2.29. The zero-order valence-electron chi connectivity index (χ0n) is 16.5. The van der Waals surface area contributed by atoms with Crippen LogP contribution >= 0.6 is 15.9 Å². The van der Waals surface area contributed by atoms with E-state index in [-0.39, 0.29) is 10.6 Å². The Morgan fingerprint density at radius 3 is 2.35 bits per heavy atom. The normalized spacial score (nSPS) is 11.5. The molecule has 3 rings (SSSR count). The third-order valence-electron chi connectivity index (χ3n) is 4.29. The lowest BCUT2D eigenvalue weighted by Crippen LogP contribution is -2.40. The first-order chi connectivity index (χ1) is 14.8. The fourth-order valence-electron chi connectivity index (χ4n) is 2.68. The van der Waals surface area contributed by atoms with Crippen LogP contribution < -0.4 is 9.73 Å². The van der Waals surface area contributed by atoms with Crippen LogP contribution in [0.15, 0.2) is 87.3 Å². The number of carbonyl (C=O) groups is 1. The van der Waals surface area contributed by atoms with Crippen molar-refractivity contribution in [3.63, 3.8) is 0 Å². The van der Waals surface area contributed by atoms with Gasteiger partial charge in [-0.05, 0) is 48.9 Å². The lowest BCUT2D eigenvalue weighted by atomic mass is 10.2. The molecule has 1 amide bonds. The first-order valence-electron chi connectivity index (χ1n) is 9.19. The summed E-state index contributed by atoms with van der Waals surface area (Å²) < 4.78 is 42.5. The number of para-hydroxylation sites is 1. The predicted octanol–water partition coefficient (Wildman–Crippen LogP) is 4.24. The van der Waals surface area contributed by atoms with Crippen LogP contribution in [-0.2, 0) is 14.8 Å². The van der Waals surface area contributed by atoms with E-state index in [2.05, 4.69) is 26.5 Å². The van der Waals surface area contributed by atoms with Crippen LogP contribution in [-0.4, -0.2) is 27.1 Å². The Kier molecular flexibility index (Phi) is 7.19. The zero-order chi connectivity index (χ0) is 22.4. The molecule has 0 fully saturated rings. The van der Waals surface area contributed by atoms with E-state index in [1.54, 1.807) is 24.3 Å². The molecule has 160 valence electrons. The average Bonchev–Trinajstić information content (AvgIpc) is 2.74. The lowest BCUT2D eigenvalue weighted by molar-refractivity contribution is -0.119. The van der Waals surface area contributed by atoms with Crippen LogP contribution in [0.4, 0.5) is 10.1 Å². The smallest absolute Gasteiger partial charge is 0.264 e. The van der Waals surface area contributed by atoms with Crippen molar-refractivity contribution in [1.29, 1.82) is 0 Å². The molecule has 0 spiro atoms. The lowest BCUT2D eigenvalue weighted by Gasteiger charge is -2.24. The molecular weight excluding hydrogens is 485 g/mol. The van der Waals surface area contributed by atoms with Crippen molar-refractivity contribution < 1.29 is 17.6 Å². The molecule has 0 saturated carbocycles. The summed E-state index contributed by atoms with van der Waals surface area (Å²) in [4.78, 5) is 12.4. The highest BCUT2D eigenvalue weighted by atomic mass is 79.9. The van der Waals surface area contributed by atoms with Gasteiger partial charge in [-0.1, -0.05) is 57.9 Å². The molecule has 0 radical (unpaired) electrons. The van der Waals surface area contributed by atoms with E-state index in [4.69, 9.17) is 0 Å². The first-order valence-corrected chi connectivity index (χ1v) is 11.4. The quantitative estimate of drug-likeness (QED) is 0.386. The maximum Gasteiger partial charge on any atom is 0.264 e. The van der Waals surface area contributed by atoms with Gasteiger partial charge in [0.25, 0.3) is 15.9 Å². The van der Waals surface area contributed by atoms with Gasteiger partial charge in [0.05, 0.1) is 16.8 Å². The Bertz CT molecular complexity index is 1200. The second kappa shape index (κ2) is 9.84. The van der Waals surface area contributed by atoms with Gasteiger partial charge in [0.2, 0.25) is 0 Å². The van der Waals surface area contributed by atoms with E-state index in [1.807, 2.05) is 19.1 Å². The molecule has 31 heavy (non-hydrogen) atoms. The second-order valence-corrected chi connectivity index (χ2v) is 9.40. The molecule has 0 bridgehead atoms. The van der Waals surface area contributed by atoms with Crippen molar-refractivity contribution in [2.45, 2.75) is 11.8 Å². The summed E-state index contributed by atoms with van der Waals surface area (Å²) in [5.41, 5.74) is 3.67. The maximum atomic E-state index is 14.4. The van der Waals surface area contributed by atoms with E-state index in [9.17, 15) is 17.6 Å². The number of halogens is 2. The molecule has 3 aromatic rings. The van der Waals surface area contributed by atoms with Gasteiger partial charge < -0.3 is 0 Å². The Morgan fingerprint density at radius 2 is 1.71 bits per heavy atom. The Hall–Kier alpha value is -3.04. The predicted molar refractivity (Wildman–Crippen MR) is 122 cm³/mol. The summed E-state index contributed by atoms with van der Waals surface area (Å²) in [7, 11) is -4.19. The molecular formula is C22H19BrFN3O3S. The number of carbonyl (C=O) groups excluding carboxylic acids is 1. The number of hydrogen-bond donors (Lipinski definition) is 1. The molecule has 0 atom stereocenters. The van der Waals surface area contributed by atoms with E-state index in [1.165, 1.54) is 36.5 Å². The number of nitrogens with zero attached hydrogens (tertiary/aromatic N) is 2. The first kappa shape index (κ1) is 22.6. The highest BCUT2D eigenvalue weighted by Crippen LogP contribution is 2.26. The van der Waals surface area contributed by atoms with E-state index in [0.717, 1.165) is 26.0 Å². The topological polar surface area (TPSA) is 78.8 Å². The molecule has 0 aliphatic carbocycles. The van der Waals surface area contributed by atoms with E-state index in [0.29, 0.717) is 0 Å². The van der Waals surface area contributed by atoms with Crippen LogP contribution in [0.3, 0.4) is 0 Å². The van der Waals surface area contributed by atoms with E-state index >= 15 is 0 Å². The number of sulfonamides is 1. The van der Waals surface area contributed by atoms with Crippen molar-refractivity contribution in [3.05, 3.63) is 94.2 Å². The minimum absolute atomic E-state index is 0.0486. The maximum absolute atomic E-state index is 14.4. The van der Waals surface area contributed by atoms with Gasteiger partial charge in [-0.15, -0.1) is 0 Å². The SMILES string of the molecule is Cc1ccc(S(=O)(=O)N(CC(=O)N/N=C\c2ccc(Br)cc2)c2ccccc2F)cc1. The number of amides is 1. The van der Waals surface area contributed by atoms with Crippen LogP contribution in [0.25, 0.3) is 0 Å². The molecule has 3 aromatic carbocycles. The molecule has 0 aromatic heterocycles. The molecule has 6 nitrogen and oxygen atoms in total. The molecule has 9 heteroatoms. The summed E-state index contributed by atoms with van der Waals surface area (Å²) in [6, 6.07) is 18.7. The molecule has 0 heterocycles. The van der Waals surface area contributed by atoms with Gasteiger partial charge in [-0.3, -0.25) is 9.10 Å². The number of aryl methyl sites for hydroxylation is 1. The minimum atomic E-state index is -4.19. The number of benzene rings is 3. The third-order valence-corrected chi connectivity index (χ3v) is 6.59. The fraction of sp³-hybridized carbons (Fsp3) is 0.0909. The zero-order valence-corrected chi connectivity index (χ0v) is 18.9. The van der Waals surface area contributed by atoms with Gasteiger partial charge in [-0.25, -0.2) is 18.2 Å². The number of rotatable bonds is 7. The summed E-state index contributed by atoms with van der Waals surface area (Å²) in [6.07, 6.45) is 1.42. The van der Waals surface area contributed by atoms with Gasteiger partial charge >= 0.3 is 0 Å². The molecule has 0 saturated heterocycles. The average molecular weight is 504 g/mol. The number of anilines is 1. The van der Waals surface area contributed by atoms with Crippen LogP contribution in [0.5, 0.6) is 0 Å². The number of nitrogens with one attached hydrogen (secondary N) is 1. The summed E-state index contributed by atoms with van der Waals surface area (Å²) >= 11 is 3.33.